The van der Waals surface area contributed by atoms with Gasteiger partial charge >= 0.3 is 6.18 Å². The van der Waals surface area contributed by atoms with E-state index in [1.165, 1.54) is 24.0 Å². The fraction of sp³-hybridized carbons (Fsp3) is 0.222. The number of thioether (sulfide) groups is 1. The molecule has 0 aromatic carbocycles. The summed E-state index contributed by atoms with van der Waals surface area (Å²) in [7, 11) is 0. The van der Waals surface area contributed by atoms with E-state index in [-0.39, 0.29) is 11.6 Å². The van der Waals surface area contributed by atoms with Crippen LogP contribution in [0.5, 0.6) is 0 Å². The molecular formula is C9H8F3N5S. The Bertz CT molecular complexity index is 566. The van der Waals surface area contributed by atoms with Crippen molar-refractivity contribution in [2.75, 3.05) is 12.0 Å². The first kappa shape index (κ1) is 12.7. The number of alkyl halides is 3. The Morgan fingerprint density at radius 2 is 2.06 bits per heavy atom. The summed E-state index contributed by atoms with van der Waals surface area (Å²) in [6.45, 7) is 0. The second-order valence-corrected chi connectivity index (χ2v) is 4.05. The number of nitrogen functional groups attached to an aromatic ring is 1. The van der Waals surface area contributed by atoms with Gasteiger partial charge in [0.05, 0.1) is 0 Å². The Morgan fingerprint density at radius 1 is 1.33 bits per heavy atom. The zero-order valence-corrected chi connectivity index (χ0v) is 9.96. The first-order chi connectivity index (χ1) is 8.40. The van der Waals surface area contributed by atoms with Crippen LogP contribution in [0, 0.1) is 0 Å². The second-order valence-electron chi connectivity index (χ2n) is 3.28. The van der Waals surface area contributed by atoms with Crippen LogP contribution in [0.1, 0.15) is 5.69 Å². The van der Waals surface area contributed by atoms with E-state index in [0.717, 1.165) is 10.7 Å². The number of nitrogens with zero attached hydrogens (tertiary/aromatic N) is 4. The van der Waals surface area contributed by atoms with Gasteiger partial charge in [-0.25, -0.2) is 14.6 Å². The molecule has 0 aliphatic heterocycles. The summed E-state index contributed by atoms with van der Waals surface area (Å²) in [5.74, 6) is 0.371. The minimum Gasteiger partial charge on any atom is -0.383 e. The lowest BCUT2D eigenvalue weighted by Crippen LogP contribution is -2.08. The molecule has 0 aliphatic carbocycles. The maximum Gasteiger partial charge on any atom is 0.435 e. The molecule has 2 aromatic heterocycles. The lowest BCUT2D eigenvalue weighted by molar-refractivity contribution is -0.141. The summed E-state index contributed by atoms with van der Waals surface area (Å²) in [6.07, 6.45) is -1.57. The first-order valence-corrected chi connectivity index (χ1v) is 5.94. The first-order valence-electron chi connectivity index (χ1n) is 4.72. The number of aromatic nitrogens is 4. The molecule has 0 spiro atoms. The van der Waals surface area contributed by atoms with Crippen molar-refractivity contribution in [3.05, 3.63) is 24.0 Å². The van der Waals surface area contributed by atoms with E-state index in [2.05, 4.69) is 15.1 Å². The molecule has 0 saturated carbocycles. The highest BCUT2D eigenvalue weighted by molar-refractivity contribution is 7.98. The summed E-state index contributed by atoms with van der Waals surface area (Å²) in [5.41, 5.74) is 4.56. The summed E-state index contributed by atoms with van der Waals surface area (Å²) in [5, 5.41) is 3.77. The van der Waals surface area contributed by atoms with Crippen LogP contribution >= 0.6 is 11.8 Å². The Kier molecular flexibility index (Phi) is 3.16. The van der Waals surface area contributed by atoms with Gasteiger partial charge in [-0.2, -0.15) is 18.3 Å². The van der Waals surface area contributed by atoms with Crippen LogP contribution in [0.15, 0.2) is 23.5 Å². The van der Waals surface area contributed by atoms with E-state index in [1.807, 2.05) is 0 Å². The number of nitrogens with two attached hydrogens (primary N) is 1. The van der Waals surface area contributed by atoms with Gasteiger partial charge in [-0.05, 0) is 12.3 Å². The van der Waals surface area contributed by atoms with Crippen molar-refractivity contribution in [1.82, 2.24) is 19.7 Å². The van der Waals surface area contributed by atoms with Gasteiger partial charge in [0.2, 0.25) is 0 Å². The van der Waals surface area contributed by atoms with Crippen molar-refractivity contribution in [3.63, 3.8) is 0 Å². The molecule has 0 amide bonds. The van der Waals surface area contributed by atoms with Crippen molar-refractivity contribution < 1.29 is 13.2 Å². The minimum absolute atomic E-state index is 0.174. The molecule has 18 heavy (non-hydrogen) atoms. The predicted molar refractivity (Wildman–Crippen MR) is 60.3 cm³/mol. The van der Waals surface area contributed by atoms with Crippen molar-refractivity contribution in [2.24, 2.45) is 0 Å². The van der Waals surface area contributed by atoms with Gasteiger partial charge in [-0.1, -0.05) is 11.8 Å². The maximum absolute atomic E-state index is 12.4. The van der Waals surface area contributed by atoms with Gasteiger partial charge in [0.1, 0.15) is 5.82 Å². The highest BCUT2D eigenvalue weighted by Crippen LogP contribution is 2.27. The van der Waals surface area contributed by atoms with Crippen LogP contribution < -0.4 is 5.73 Å². The van der Waals surface area contributed by atoms with Gasteiger partial charge in [-0.3, -0.25) is 0 Å². The van der Waals surface area contributed by atoms with Gasteiger partial charge in [0.15, 0.2) is 16.7 Å². The largest absolute Gasteiger partial charge is 0.435 e. The molecule has 2 rings (SSSR count). The summed E-state index contributed by atoms with van der Waals surface area (Å²) >= 11 is 1.24. The van der Waals surface area contributed by atoms with E-state index in [0.29, 0.717) is 5.16 Å². The quantitative estimate of drug-likeness (QED) is 0.670. The molecule has 0 aliphatic rings. The molecule has 96 valence electrons. The van der Waals surface area contributed by atoms with Crippen molar-refractivity contribution in [2.45, 2.75) is 11.3 Å². The average molecular weight is 275 g/mol. The van der Waals surface area contributed by atoms with E-state index < -0.39 is 11.9 Å². The Balaban J connectivity index is 2.43. The zero-order valence-electron chi connectivity index (χ0n) is 9.14. The van der Waals surface area contributed by atoms with E-state index >= 15 is 0 Å². The lowest BCUT2D eigenvalue weighted by Gasteiger charge is -2.04. The van der Waals surface area contributed by atoms with Crippen LogP contribution in [0.2, 0.25) is 0 Å². The van der Waals surface area contributed by atoms with Gasteiger partial charge < -0.3 is 5.73 Å². The van der Waals surface area contributed by atoms with Gasteiger partial charge in [-0.15, -0.1) is 0 Å². The fourth-order valence-electron chi connectivity index (χ4n) is 1.24. The Hall–Kier alpha value is -1.77. The lowest BCUT2D eigenvalue weighted by atomic mass is 10.4. The maximum atomic E-state index is 12.4. The van der Waals surface area contributed by atoms with Crippen molar-refractivity contribution in [3.8, 4) is 5.82 Å². The summed E-state index contributed by atoms with van der Waals surface area (Å²) in [6, 6.07) is 2.23. The van der Waals surface area contributed by atoms with Crippen LogP contribution in [-0.4, -0.2) is 26.0 Å². The van der Waals surface area contributed by atoms with Crippen LogP contribution in [0.3, 0.4) is 0 Å². The van der Waals surface area contributed by atoms with Crippen LogP contribution in [-0.2, 0) is 6.18 Å². The molecule has 0 unspecified atom stereocenters. The van der Waals surface area contributed by atoms with E-state index in [4.69, 9.17) is 5.73 Å². The smallest absolute Gasteiger partial charge is 0.383 e. The molecule has 2 aromatic rings. The molecule has 0 bridgehead atoms. The molecule has 9 heteroatoms. The molecule has 5 nitrogen and oxygen atoms in total. The highest BCUT2D eigenvalue weighted by Gasteiger charge is 2.33. The highest BCUT2D eigenvalue weighted by atomic mass is 32.2. The van der Waals surface area contributed by atoms with E-state index in [9.17, 15) is 13.2 Å². The van der Waals surface area contributed by atoms with Gasteiger partial charge in [0.25, 0.3) is 0 Å². The number of anilines is 1. The van der Waals surface area contributed by atoms with Crippen LogP contribution in [0.4, 0.5) is 19.0 Å². The summed E-state index contributed by atoms with van der Waals surface area (Å²) < 4.78 is 38.2. The summed E-state index contributed by atoms with van der Waals surface area (Å²) in [4.78, 5) is 7.92. The number of rotatable bonds is 2. The van der Waals surface area contributed by atoms with Gasteiger partial charge in [0, 0.05) is 12.3 Å². The zero-order chi connectivity index (χ0) is 13.3. The topological polar surface area (TPSA) is 69.6 Å². The Labute approximate surface area is 104 Å². The van der Waals surface area contributed by atoms with Crippen LogP contribution in [0.25, 0.3) is 5.82 Å². The SMILES string of the molecule is CSc1nc(N)cc(-n2ccc(C(F)(F)F)n2)n1. The molecule has 0 fully saturated rings. The normalized spacial score (nSPS) is 11.8. The standard InChI is InChI=1S/C9H8F3N5S/c1-18-8-14-6(13)4-7(15-8)17-3-2-5(16-17)9(10,11)12/h2-4H,1H3,(H2,13,14,15). The Morgan fingerprint density at radius 3 is 2.61 bits per heavy atom. The minimum atomic E-state index is -4.48. The van der Waals surface area contributed by atoms with Crippen molar-refractivity contribution >= 4 is 17.6 Å². The molecule has 2 N–H and O–H groups in total. The monoisotopic (exact) mass is 275 g/mol. The third kappa shape index (κ3) is 2.55. The number of hydrogen-bond acceptors (Lipinski definition) is 5. The number of halogens is 3. The van der Waals surface area contributed by atoms with E-state index in [1.54, 1.807) is 6.26 Å². The predicted octanol–water partition coefficient (Wildman–Crippen LogP) is 1.99. The number of hydrogen-bond donors (Lipinski definition) is 1. The molecule has 0 radical (unpaired) electrons. The second kappa shape index (κ2) is 4.48. The fourth-order valence-corrected chi connectivity index (χ4v) is 1.62. The molecule has 0 atom stereocenters. The molecule has 2 heterocycles. The molecular weight excluding hydrogens is 267 g/mol. The average Bonchev–Trinajstić information content (AvgIpc) is 2.77. The third-order valence-corrected chi connectivity index (χ3v) is 2.56. The third-order valence-electron chi connectivity index (χ3n) is 2.01. The molecule has 0 saturated heterocycles. The van der Waals surface area contributed by atoms with Crippen molar-refractivity contribution in [1.29, 1.82) is 0 Å².